The van der Waals surface area contributed by atoms with Gasteiger partial charge in [0, 0.05) is 30.5 Å². The Morgan fingerprint density at radius 1 is 1.29 bits per heavy atom. The number of methoxy groups -OCH3 is 2. The highest BCUT2D eigenvalue weighted by atomic mass is 32.1. The number of carbonyl (C=O) groups excluding carboxylic acids is 2. The Labute approximate surface area is 185 Å². The Morgan fingerprint density at radius 2 is 2.10 bits per heavy atom. The number of amides is 1. The fourth-order valence-corrected chi connectivity index (χ4v) is 3.92. The minimum Gasteiger partial charge on any atom is -0.464 e. The van der Waals surface area contributed by atoms with Crippen LogP contribution < -0.4 is 10.6 Å². The number of hydrogen-bond donors (Lipinski definition) is 2. The molecule has 0 radical (unpaired) electrons. The molecule has 3 heterocycles. The number of fused-ring (bicyclic) bond motifs is 1. The Kier molecular flexibility index (Phi) is 7.64. The normalized spacial score (nSPS) is 11.1. The molecule has 8 nitrogen and oxygen atoms in total. The number of thiophene rings is 1. The van der Waals surface area contributed by atoms with E-state index in [1.54, 1.807) is 17.5 Å². The first-order chi connectivity index (χ1) is 14.9. The Hall–Kier alpha value is -2.91. The number of rotatable bonds is 10. The summed E-state index contributed by atoms with van der Waals surface area (Å²) in [6, 6.07) is 5.96. The molecule has 0 aliphatic rings. The van der Waals surface area contributed by atoms with Crippen LogP contribution in [-0.4, -0.2) is 42.3 Å². The molecule has 3 aromatic rings. The van der Waals surface area contributed by atoms with Crippen molar-refractivity contribution in [2.45, 2.75) is 33.4 Å². The quantitative estimate of drug-likeness (QED) is 0.457. The van der Waals surface area contributed by atoms with Gasteiger partial charge >= 0.3 is 5.97 Å². The molecule has 0 aliphatic heterocycles. The molecule has 3 rings (SSSR count). The number of nitrogens with zero attached hydrogens (tertiary/aromatic N) is 2. The maximum atomic E-state index is 12.7. The van der Waals surface area contributed by atoms with Crippen LogP contribution in [0.3, 0.4) is 0 Å². The molecule has 9 heteroatoms. The number of esters is 1. The summed E-state index contributed by atoms with van der Waals surface area (Å²) in [6.45, 7) is 5.35. The van der Waals surface area contributed by atoms with Crippen LogP contribution in [0, 0.1) is 5.92 Å². The minimum absolute atomic E-state index is 0.122. The highest BCUT2D eigenvalue weighted by Gasteiger charge is 2.26. The first-order valence-corrected chi connectivity index (χ1v) is 11.0. The van der Waals surface area contributed by atoms with Crippen LogP contribution in [0.15, 0.2) is 29.8 Å². The van der Waals surface area contributed by atoms with Gasteiger partial charge in [-0.25, -0.2) is 9.78 Å². The van der Waals surface area contributed by atoms with E-state index in [4.69, 9.17) is 9.47 Å². The van der Waals surface area contributed by atoms with E-state index < -0.39 is 5.97 Å². The summed E-state index contributed by atoms with van der Waals surface area (Å²) < 4.78 is 11.8. The van der Waals surface area contributed by atoms with Crippen molar-refractivity contribution in [2.75, 3.05) is 31.5 Å². The van der Waals surface area contributed by atoms with Crippen LogP contribution in [0.1, 0.15) is 35.6 Å². The van der Waals surface area contributed by atoms with E-state index in [1.165, 1.54) is 19.1 Å². The van der Waals surface area contributed by atoms with Crippen LogP contribution in [0.5, 0.6) is 0 Å². The maximum Gasteiger partial charge on any atom is 0.356 e. The third kappa shape index (κ3) is 5.42. The van der Waals surface area contributed by atoms with Gasteiger partial charge in [-0.2, -0.15) is 0 Å². The van der Waals surface area contributed by atoms with E-state index in [0.29, 0.717) is 35.7 Å². The predicted molar refractivity (Wildman–Crippen MR) is 123 cm³/mol. The number of nitrogens with one attached hydrogen (secondary N) is 2. The van der Waals surface area contributed by atoms with Crippen LogP contribution in [-0.2, 0) is 27.4 Å². The zero-order chi connectivity index (χ0) is 22.4. The van der Waals surface area contributed by atoms with Gasteiger partial charge in [0.05, 0.1) is 24.7 Å². The number of aromatic nitrogens is 2. The van der Waals surface area contributed by atoms with Crippen molar-refractivity contribution >= 4 is 45.6 Å². The molecule has 0 bridgehead atoms. The Bertz CT molecular complexity index is 1040. The zero-order valence-corrected chi connectivity index (χ0v) is 19.0. The molecule has 1 amide bonds. The van der Waals surface area contributed by atoms with E-state index in [2.05, 4.69) is 35.5 Å². The van der Waals surface area contributed by atoms with E-state index >= 15 is 0 Å². The second kappa shape index (κ2) is 10.4. The van der Waals surface area contributed by atoms with Gasteiger partial charge in [0.2, 0.25) is 5.91 Å². The van der Waals surface area contributed by atoms with Crippen LogP contribution in [0.2, 0.25) is 0 Å². The second-order valence-electron chi connectivity index (χ2n) is 7.56. The van der Waals surface area contributed by atoms with Crippen LogP contribution >= 0.6 is 11.3 Å². The molecule has 0 atom stereocenters. The van der Waals surface area contributed by atoms with Gasteiger partial charge in [0.1, 0.15) is 12.3 Å². The molecule has 166 valence electrons. The summed E-state index contributed by atoms with van der Waals surface area (Å²) in [5.41, 5.74) is 2.08. The lowest BCUT2D eigenvalue weighted by molar-refractivity contribution is -0.119. The summed E-state index contributed by atoms with van der Waals surface area (Å²) in [6.07, 6.45) is 2.59. The third-order valence-electron chi connectivity index (χ3n) is 4.79. The van der Waals surface area contributed by atoms with Crippen molar-refractivity contribution < 1.29 is 19.1 Å². The van der Waals surface area contributed by atoms with E-state index in [1.807, 2.05) is 22.1 Å². The molecule has 0 spiro atoms. The third-order valence-corrected chi connectivity index (χ3v) is 5.67. The molecule has 2 N–H and O–H groups in total. The average molecular weight is 445 g/mol. The lowest BCUT2D eigenvalue weighted by Gasteiger charge is -2.12. The molecule has 3 aromatic heterocycles. The number of aryl methyl sites for hydroxylation is 1. The molecule has 0 aliphatic carbocycles. The molecular formula is C22H28N4O4S. The van der Waals surface area contributed by atoms with Gasteiger partial charge in [0.25, 0.3) is 0 Å². The minimum atomic E-state index is -0.525. The lowest BCUT2D eigenvalue weighted by Crippen LogP contribution is -2.20. The fraction of sp³-hybridized carbons (Fsp3) is 0.409. The molecule has 0 saturated carbocycles. The number of carbonyl (C=O) groups is 2. The summed E-state index contributed by atoms with van der Waals surface area (Å²) >= 11 is 1.67. The second-order valence-corrected chi connectivity index (χ2v) is 8.59. The molecule has 0 unspecified atom stereocenters. The van der Waals surface area contributed by atoms with E-state index in [9.17, 15) is 9.59 Å². The van der Waals surface area contributed by atoms with Crippen molar-refractivity contribution in [3.05, 3.63) is 40.3 Å². The monoisotopic (exact) mass is 444 g/mol. The number of pyridine rings is 1. The van der Waals surface area contributed by atoms with Crippen molar-refractivity contribution in [1.29, 1.82) is 0 Å². The van der Waals surface area contributed by atoms with Crippen LogP contribution in [0.4, 0.5) is 11.4 Å². The van der Waals surface area contributed by atoms with E-state index in [0.717, 1.165) is 12.1 Å². The zero-order valence-electron chi connectivity index (χ0n) is 18.2. The van der Waals surface area contributed by atoms with Gasteiger partial charge in [-0.3, -0.25) is 4.79 Å². The highest BCUT2D eigenvalue weighted by molar-refractivity contribution is 7.09. The summed E-state index contributed by atoms with van der Waals surface area (Å²) in [5.74, 6) is -0.448. The van der Waals surface area contributed by atoms with Crippen molar-refractivity contribution in [1.82, 2.24) is 9.55 Å². The standard InChI is InChI=1S/C22H28N4O4S/c1-14(2)7-8-26-20(22(28)30-4)19(25-18(27)13-29-3)17-10-15(11-24-21(17)26)23-12-16-6-5-9-31-16/h5-6,9-11,14,23H,7-8,12-13H2,1-4H3,(H,25,27). The van der Waals surface area contributed by atoms with Crippen LogP contribution in [0.25, 0.3) is 11.0 Å². The van der Waals surface area contributed by atoms with Gasteiger partial charge in [-0.15, -0.1) is 11.3 Å². The molecule has 0 fully saturated rings. The largest absolute Gasteiger partial charge is 0.464 e. The number of hydrogen-bond acceptors (Lipinski definition) is 7. The van der Waals surface area contributed by atoms with Gasteiger partial charge < -0.3 is 24.7 Å². The first-order valence-electron chi connectivity index (χ1n) is 10.1. The number of ether oxygens (including phenoxy) is 2. The SMILES string of the molecule is COCC(=O)Nc1c(C(=O)OC)n(CCC(C)C)c2ncc(NCc3cccs3)cc12. The fourth-order valence-electron chi connectivity index (χ4n) is 3.27. The molecule has 31 heavy (non-hydrogen) atoms. The molecule has 0 saturated heterocycles. The highest BCUT2D eigenvalue weighted by Crippen LogP contribution is 2.33. The van der Waals surface area contributed by atoms with Gasteiger partial charge in [-0.05, 0) is 29.9 Å². The summed E-state index contributed by atoms with van der Waals surface area (Å²) in [4.78, 5) is 30.9. The van der Waals surface area contributed by atoms with E-state index in [-0.39, 0.29) is 18.2 Å². The Morgan fingerprint density at radius 3 is 2.74 bits per heavy atom. The smallest absolute Gasteiger partial charge is 0.356 e. The Balaban J connectivity index is 2.07. The van der Waals surface area contributed by atoms with Gasteiger partial charge in [-0.1, -0.05) is 19.9 Å². The molecular weight excluding hydrogens is 416 g/mol. The van der Waals surface area contributed by atoms with Crippen molar-refractivity contribution in [3.63, 3.8) is 0 Å². The molecule has 0 aromatic carbocycles. The number of anilines is 2. The predicted octanol–water partition coefficient (Wildman–Crippen LogP) is 4.13. The van der Waals surface area contributed by atoms with Gasteiger partial charge in [0.15, 0.2) is 5.69 Å². The first kappa shape index (κ1) is 22.8. The average Bonchev–Trinajstić information content (AvgIpc) is 3.36. The van der Waals surface area contributed by atoms with Crippen molar-refractivity contribution in [3.8, 4) is 0 Å². The lowest BCUT2D eigenvalue weighted by atomic mass is 10.1. The summed E-state index contributed by atoms with van der Waals surface area (Å²) in [7, 11) is 2.77. The topological polar surface area (TPSA) is 94.5 Å². The maximum absolute atomic E-state index is 12.7. The summed E-state index contributed by atoms with van der Waals surface area (Å²) in [5, 5.41) is 8.87. The van der Waals surface area contributed by atoms with Crippen molar-refractivity contribution in [2.24, 2.45) is 5.92 Å².